The number of aliphatic hydroxyl groups is 1. The standard InChI is InChI=1S/C16H27NO2/c1-5-14(12-18)10-17(4)11-15-7-8-16(19-6-2)13(3)9-15/h7-9,14,18H,5-6,10-12H2,1-4H3. The van der Waals surface area contributed by atoms with Gasteiger partial charge in [0.1, 0.15) is 5.75 Å². The van der Waals surface area contributed by atoms with Crippen molar-refractivity contribution in [1.29, 1.82) is 0 Å². The Labute approximate surface area is 117 Å². The average Bonchev–Trinajstić information content (AvgIpc) is 2.39. The Morgan fingerprint density at radius 3 is 2.58 bits per heavy atom. The quantitative estimate of drug-likeness (QED) is 0.784. The Kier molecular flexibility index (Phi) is 6.89. The topological polar surface area (TPSA) is 32.7 Å². The number of rotatable bonds is 8. The average molecular weight is 265 g/mol. The molecule has 1 aromatic rings. The molecule has 0 saturated heterocycles. The van der Waals surface area contributed by atoms with E-state index in [1.807, 2.05) is 13.0 Å². The molecule has 1 rings (SSSR count). The zero-order valence-electron chi connectivity index (χ0n) is 12.6. The molecule has 1 unspecified atom stereocenters. The van der Waals surface area contributed by atoms with Crippen molar-refractivity contribution in [2.45, 2.75) is 33.7 Å². The van der Waals surface area contributed by atoms with Gasteiger partial charge in [-0.1, -0.05) is 19.1 Å². The van der Waals surface area contributed by atoms with Gasteiger partial charge in [0, 0.05) is 19.7 Å². The fourth-order valence-corrected chi connectivity index (χ4v) is 2.26. The molecule has 19 heavy (non-hydrogen) atoms. The van der Waals surface area contributed by atoms with Crippen molar-refractivity contribution in [2.24, 2.45) is 5.92 Å². The van der Waals surface area contributed by atoms with Crippen molar-refractivity contribution < 1.29 is 9.84 Å². The van der Waals surface area contributed by atoms with Gasteiger partial charge in [-0.25, -0.2) is 0 Å². The molecular weight excluding hydrogens is 238 g/mol. The van der Waals surface area contributed by atoms with Gasteiger partial charge in [-0.05, 0) is 50.4 Å². The molecule has 1 N–H and O–H groups in total. The molecule has 0 aliphatic rings. The molecule has 0 aliphatic heterocycles. The van der Waals surface area contributed by atoms with Crippen molar-refractivity contribution in [1.82, 2.24) is 4.90 Å². The van der Waals surface area contributed by atoms with E-state index in [-0.39, 0.29) is 6.61 Å². The van der Waals surface area contributed by atoms with Gasteiger partial charge >= 0.3 is 0 Å². The molecule has 0 heterocycles. The van der Waals surface area contributed by atoms with E-state index >= 15 is 0 Å². The first kappa shape index (κ1) is 16.0. The van der Waals surface area contributed by atoms with Gasteiger partial charge in [-0.3, -0.25) is 0 Å². The molecule has 0 amide bonds. The summed E-state index contributed by atoms with van der Waals surface area (Å²) in [5, 5.41) is 9.24. The number of aryl methyl sites for hydroxylation is 1. The number of ether oxygens (including phenoxy) is 1. The van der Waals surface area contributed by atoms with Gasteiger partial charge in [0.25, 0.3) is 0 Å². The first-order chi connectivity index (χ1) is 9.10. The first-order valence-corrected chi connectivity index (χ1v) is 7.12. The second kappa shape index (κ2) is 8.18. The molecule has 108 valence electrons. The molecule has 3 nitrogen and oxygen atoms in total. The van der Waals surface area contributed by atoms with E-state index in [2.05, 4.69) is 37.9 Å². The van der Waals surface area contributed by atoms with Crippen LogP contribution in [0.15, 0.2) is 18.2 Å². The van der Waals surface area contributed by atoms with Gasteiger partial charge in [-0.2, -0.15) is 0 Å². The lowest BCUT2D eigenvalue weighted by Crippen LogP contribution is -2.27. The predicted octanol–water partition coefficient (Wildman–Crippen LogP) is 2.84. The van der Waals surface area contributed by atoms with E-state index < -0.39 is 0 Å². The maximum atomic E-state index is 9.24. The van der Waals surface area contributed by atoms with Crippen LogP contribution in [0.1, 0.15) is 31.4 Å². The minimum atomic E-state index is 0.267. The van der Waals surface area contributed by atoms with E-state index in [0.717, 1.165) is 25.3 Å². The summed E-state index contributed by atoms with van der Waals surface area (Å²) < 4.78 is 5.55. The Balaban J connectivity index is 2.59. The van der Waals surface area contributed by atoms with E-state index in [4.69, 9.17) is 4.74 Å². The predicted molar refractivity (Wildman–Crippen MR) is 79.5 cm³/mol. The van der Waals surface area contributed by atoms with Crippen LogP contribution >= 0.6 is 0 Å². The highest BCUT2D eigenvalue weighted by molar-refractivity contribution is 5.36. The van der Waals surface area contributed by atoms with Crippen LogP contribution in [0.4, 0.5) is 0 Å². The summed E-state index contributed by atoms with van der Waals surface area (Å²) in [5.74, 6) is 1.34. The Hall–Kier alpha value is -1.06. The Morgan fingerprint density at radius 1 is 1.32 bits per heavy atom. The Morgan fingerprint density at radius 2 is 2.05 bits per heavy atom. The lowest BCUT2D eigenvalue weighted by Gasteiger charge is -2.22. The minimum absolute atomic E-state index is 0.267. The number of benzene rings is 1. The molecule has 0 radical (unpaired) electrons. The van der Waals surface area contributed by atoms with E-state index in [0.29, 0.717) is 12.5 Å². The number of aliphatic hydroxyl groups excluding tert-OH is 1. The van der Waals surface area contributed by atoms with Gasteiger partial charge in [0.05, 0.1) is 6.61 Å². The fraction of sp³-hybridized carbons (Fsp3) is 0.625. The van der Waals surface area contributed by atoms with Gasteiger partial charge in [-0.15, -0.1) is 0 Å². The summed E-state index contributed by atoms with van der Waals surface area (Å²) in [6, 6.07) is 6.35. The summed E-state index contributed by atoms with van der Waals surface area (Å²) in [6.45, 7) is 9.01. The molecule has 3 heteroatoms. The van der Waals surface area contributed by atoms with Crippen LogP contribution in [0, 0.1) is 12.8 Å². The van der Waals surface area contributed by atoms with Crippen LogP contribution in [0.5, 0.6) is 5.75 Å². The fourth-order valence-electron chi connectivity index (χ4n) is 2.26. The van der Waals surface area contributed by atoms with Gasteiger partial charge in [0.15, 0.2) is 0 Å². The van der Waals surface area contributed by atoms with Crippen LogP contribution in [-0.2, 0) is 6.54 Å². The zero-order chi connectivity index (χ0) is 14.3. The zero-order valence-corrected chi connectivity index (χ0v) is 12.6. The van der Waals surface area contributed by atoms with Crippen molar-refractivity contribution in [3.05, 3.63) is 29.3 Å². The summed E-state index contributed by atoms with van der Waals surface area (Å²) in [7, 11) is 2.10. The van der Waals surface area contributed by atoms with Crippen LogP contribution in [0.2, 0.25) is 0 Å². The third kappa shape index (κ3) is 5.21. The van der Waals surface area contributed by atoms with Crippen molar-refractivity contribution >= 4 is 0 Å². The monoisotopic (exact) mass is 265 g/mol. The molecule has 0 aliphatic carbocycles. The molecule has 0 saturated carbocycles. The highest BCUT2D eigenvalue weighted by atomic mass is 16.5. The van der Waals surface area contributed by atoms with Gasteiger partial charge in [0.2, 0.25) is 0 Å². The molecular formula is C16H27NO2. The molecule has 1 atom stereocenters. The number of nitrogens with zero attached hydrogens (tertiary/aromatic N) is 1. The maximum absolute atomic E-state index is 9.24. The lowest BCUT2D eigenvalue weighted by molar-refractivity contribution is 0.173. The Bertz CT molecular complexity index is 375. The van der Waals surface area contributed by atoms with E-state index in [1.54, 1.807) is 0 Å². The number of hydrogen-bond donors (Lipinski definition) is 1. The summed E-state index contributed by atoms with van der Waals surface area (Å²) in [5.41, 5.74) is 2.47. The van der Waals surface area contributed by atoms with E-state index in [1.165, 1.54) is 11.1 Å². The molecule has 0 fully saturated rings. The summed E-state index contributed by atoms with van der Waals surface area (Å²) in [4.78, 5) is 2.26. The molecule has 0 spiro atoms. The number of hydrogen-bond acceptors (Lipinski definition) is 3. The summed E-state index contributed by atoms with van der Waals surface area (Å²) in [6.07, 6.45) is 1.02. The smallest absolute Gasteiger partial charge is 0.122 e. The highest BCUT2D eigenvalue weighted by Crippen LogP contribution is 2.20. The second-order valence-corrected chi connectivity index (χ2v) is 5.19. The van der Waals surface area contributed by atoms with Crippen molar-refractivity contribution in [3.8, 4) is 5.75 Å². The first-order valence-electron chi connectivity index (χ1n) is 7.12. The largest absolute Gasteiger partial charge is 0.494 e. The highest BCUT2D eigenvalue weighted by Gasteiger charge is 2.09. The van der Waals surface area contributed by atoms with Crippen LogP contribution in [0.25, 0.3) is 0 Å². The molecule has 1 aromatic carbocycles. The molecule has 0 bridgehead atoms. The SMILES string of the molecule is CCOc1ccc(CN(C)CC(CC)CO)cc1C. The lowest BCUT2D eigenvalue weighted by atomic mass is 10.1. The van der Waals surface area contributed by atoms with Crippen LogP contribution in [-0.4, -0.2) is 36.8 Å². The van der Waals surface area contributed by atoms with Crippen molar-refractivity contribution in [2.75, 3.05) is 26.8 Å². The van der Waals surface area contributed by atoms with E-state index in [9.17, 15) is 5.11 Å². The van der Waals surface area contributed by atoms with Crippen molar-refractivity contribution in [3.63, 3.8) is 0 Å². The summed E-state index contributed by atoms with van der Waals surface area (Å²) >= 11 is 0. The minimum Gasteiger partial charge on any atom is -0.494 e. The van der Waals surface area contributed by atoms with Crippen LogP contribution in [0.3, 0.4) is 0 Å². The second-order valence-electron chi connectivity index (χ2n) is 5.19. The normalized spacial score (nSPS) is 12.7. The van der Waals surface area contributed by atoms with Crippen LogP contribution < -0.4 is 4.74 Å². The maximum Gasteiger partial charge on any atom is 0.122 e. The third-order valence-corrected chi connectivity index (χ3v) is 3.40. The molecule has 0 aromatic heterocycles. The van der Waals surface area contributed by atoms with Gasteiger partial charge < -0.3 is 14.7 Å². The third-order valence-electron chi connectivity index (χ3n) is 3.40.